The summed E-state index contributed by atoms with van der Waals surface area (Å²) in [5, 5.41) is 3.41. The van der Waals surface area contributed by atoms with Gasteiger partial charge in [-0.3, -0.25) is 9.59 Å². The molecule has 0 fully saturated rings. The highest BCUT2D eigenvalue weighted by atomic mass is 35.5. The molecular formula is C24H18Cl2N2O5. The van der Waals surface area contributed by atoms with E-state index in [4.69, 9.17) is 32.7 Å². The van der Waals surface area contributed by atoms with Gasteiger partial charge in [0.05, 0.1) is 35.0 Å². The summed E-state index contributed by atoms with van der Waals surface area (Å²) in [6, 6.07) is 16.5. The lowest BCUT2D eigenvalue weighted by molar-refractivity contribution is -0.121. The van der Waals surface area contributed by atoms with Gasteiger partial charge in [0.15, 0.2) is 6.61 Å². The number of benzene rings is 3. The van der Waals surface area contributed by atoms with Crippen molar-refractivity contribution in [3.8, 4) is 5.75 Å². The highest BCUT2D eigenvalue weighted by Gasteiger charge is 2.26. The summed E-state index contributed by atoms with van der Waals surface area (Å²) in [4.78, 5) is 38.7. The molecule has 2 amide bonds. The SMILES string of the molecule is COC(=O)c1cccc(CN2C(=O)COc3ccc(NC(=O)c4ccc(Cl)c(Cl)c4)cc32)c1. The lowest BCUT2D eigenvalue weighted by atomic mass is 10.1. The smallest absolute Gasteiger partial charge is 0.337 e. The Morgan fingerprint density at radius 1 is 1.03 bits per heavy atom. The minimum atomic E-state index is -0.460. The Hall–Kier alpha value is -3.55. The van der Waals surface area contributed by atoms with Crippen molar-refractivity contribution in [2.75, 3.05) is 23.9 Å². The third kappa shape index (κ3) is 4.94. The highest BCUT2D eigenvalue weighted by Crippen LogP contribution is 2.36. The van der Waals surface area contributed by atoms with Crippen molar-refractivity contribution in [2.24, 2.45) is 0 Å². The Balaban J connectivity index is 1.59. The second kappa shape index (κ2) is 9.52. The van der Waals surface area contributed by atoms with Crippen molar-refractivity contribution in [2.45, 2.75) is 6.54 Å². The first kappa shape index (κ1) is 22.6. The van der Waals surface area contributed by atoms with Crippen LogP contribution in [0.15, 0.2) is 60.7 Å². The number of nitrogens with zero attached hydrogens (tertiary/aromatic N) is 1. The van der Waals surface area contributed by atoms with Gasteiger partial charge in [-0.05, 0) is 54.1 Å². The zero-order valence-electron chi connectivity index (χ0n) is 17.4. The number of carbonyl (C=O) groups excluding carboxylic acids is 3. The number of esters is 1. The molecule has 33 heavy (non-hydrogen) atoms. The fraction of sp³-hybridized carbons (Fsp3) is 0.125. The van der Waals surface area contributed by atoms with Crippen LogP contribution in [-0.2, 0) is 16.1 Å². The number of ether oxygens (including phenoxy) is 2. The number of rotatable bonds is 5. The first-order valence-corrected chi connectivity index (χ1v) is 10.6. The number of carbonyl (C=O) groups is 3. The van der Waals surface area contributed by atoms with Crippen LogP contribution in [0.4, 0.5) is 11.4 Å². The molecule has 0 atom stereocenters. The predicted octanol–water partition coefficient (Wildman–Crippen LogP) is 4.96. The molecule has 1 aliphatic rings. The second-order valence-corrected chi connectivity index (χ2v) is 8.04. The third-order valence-electron chi connectivity index (χ3n) is 5.03. The van der Waals surface area contributed by atoms with E-state index < -0.39 is 5.97 Å². The zero-order chi connectivity index (χ0) is 23.5. The van der Waals surface area contributed by atoms with E-state index >= 15 is 0 Å². The first-order chi connectivity index (χ1) is 15.9. The van der Waals surface area contributed by atoms with Crippen LogP contribution in [0.25, 0.3) is 0 Å². The van der Waals surface area contributed by atoms with Crippen molar-refractivity contribution in [3.05, 3.63) is 87.4 Å². The van der Waals surface area contributed by atoms with Crippen LogP contribution in [0.2, 0.25) is 10.0 Å². The van der Waals surface area contributed by atoms with Crippen molar-refractivity contribution >= 4 is 52.4 Å². The summed E-state index contributed by atoms with van der Waals surface area (Å²) >= 11 is 11.9. The summed E-state index contributed by atoms with van der Waals surface area (Å²) in [7, 11) is 1.31. The van der Waals surface area contributed by atoms with Crippen molar-refractivity contribution in [3.63, 3.8) is 0 Å². The molecule has 168 valence electrons. The minimum absolute atomic E-state index is 0.112. The fourth-order valence-corrected chi connectivity index (χ4v) is 3.69. The van der Waals surface area contributed by atoms with E-state index in [0.29, 0.717) is 33.3 Å². The molecule has 0 spiro atoms. The Kier molecular flexibility index (Phi) is 6.53. The average molecular weight is 485 g/mol. The Morgan fingerprint density at radius 3 is 2.61 bits per heavy atom. The minimum Gasteiger partial charge on any atom is -0.482 e. The second-order valence-electron chi connectivity index (χ2n) is 7.23. The lowest BCUT2D eigenvalue weighted by Gasteiger charge is -2.30. The molecule has 1 heterocycles. The van der Waals surface area contributed by atoms with Gasteiger partial charge in [0, 0.05) is 11.3 Å². The quantitative estimate of drug-likeness (QED) is 0.517. The summed E-state index contributed by atoms with van der Waals surface area (Å²) < 4.78 is 10.3. The zero-order valence-corrected chi connectivity index (χ0v) is 18.9. The Morgan fingerprint density at radius 2 is 1.85 bits per heavy atom. The van der Waals surface area contributed by atoms with Gasteiger partial charge < -0.3 is 19.7 Å². The molecule has 0 saturated heterocycles. The van der Waals surface area contributed by atoms with Gasteiger partial charge >= 0.3 is 5.97 Å². The fourth-order valence-electron chi connectivity index (χ4n) is 3.39. The predicted molar refractivity (Wildman–Crippen MR) is 125 cm³/mol. The van der Waals surface area contributed by atoms with Gasteiger partial charge in [-0.25, -0.2) is 4.79 Å². The summed E-state index contributed by atoms with van der Waals surface area (Å²) in [5.74, 6) is -0.586. The van der Waals surface area contributed by atoms with E-state index in [-0.39, 0.29) is 30.0 Å². The molecule has 3 aromatic rings. The molecule has 3 aromatic carbocycles. The van der Waals surface area contributed by atoms with Crippen LogP contribution in [0.5, 0.6) is 5.75 Å². The number of hydrogen-bond acceptors (Lipinski definition) is 5. The van der Waals surface area contributed by atoms with Gasteiger partial charge in [0.2, 0.25) is 0 Å². The standard InChI is InChI=1S/C24H18Cl2N2O5/c1-32-24(31)16-4-2-3-14(9-16)12-28-20-11-17(6-8-21(20)33-13-22(28)29)27-23(30)15-5-7-18(25)19(26)10-15/h2-11H,12-13H2,1H3,(H,27,30). The number of nitrogens with one attached hydrogen (secondary N) is 1. The Bertz CT molecular complexity index is 1260. The van der Waals surface area contributed by atoms with Gasteiger partial charge in [0.25, 0.3) is 11.8 Å². The molecule has 7 nitrogen and oxygen atoms in total. The molecule has 0 unspecified atom stereocenters. The molecule has 9 heteroatoms. The van der Waals surface area contributed by atoms with E-state index in [1.807, 2.05) is 6.07 Å². The number of methoxy groups -OCH3 is 1. The van der Waals surface area contributed by atoms with Crippen LogP contribution >= 0.6 is 23.2 Å². The van der Waals surface area contributed by atoms with Crippen LogP contribution < -0.4 is 15.0 Å². The normalized spacial score (nSPS) is 12.6. The molecular weight excluding hydrogens is 467 g/mol. The third-order valence-corrected chi connectivity index (χ3v) is 5.77. The maximum absolute atomic E-state index is 12.7. The van der Waals surface area contributed by atoms with Crippen molar-refractivity contribution in [1.29, 1.82) is 0 Å². The highest BCUT2D eigenvalue weighted by molar-refractivity contribution is 6.42. The number of halogens is 2. The van der Waals surface area contributed by atoms with Crippen LogP contribution in [0.3, 0.4) is 0 Å². The largest absolute Gasteiger partial charge is 0.482 e. The maximum Gasteiger partial charge on any atom is 0.337 e. The number of hydrogen-bond donors (Lipinski definition) is 1. The maximum atomic E-state index is 12.7. The van der Waals surface area contributed by atoms with E-state index in [2.05, 4.69) is 5.32 Å². The van der Waals surface area contributed by atoms with Crippen LogP contribution in [0.1, 0.15) is 26.3 Å². The molecule has 0 aliphatic carbocycles. The average Bonchev–Trinajstić information content (AvgIpc) is 2.82. The van der Waals surface area contributed by atoms with E-state index in [9.17, 15) is 14.4 Å². The molecule has 0 radical (unpaired) electrons. The summed E-state index contributed by atoms with van der Waals surface area (Å²) in [5.41, 5.74) is 2.44. The number of fused-ring (bicyclic) bond motifs is 1. The molecule has 0 aromatic heterocycles. The van der Waals surface area contributed by atoms with Crippen molar-refractivity contribution in [1.82, 2.24) is 0 Å². The van der Waals surface area contributed by atoms with E-state index in [0.717, 1.165) is 5.56 Å². The summed E-state index contributed by atoms with van der Waals surface area (Å²) in [6.45, 7) is 0.100. The van der Waals surface area contributed by atoms with Crippen molar-refractivity contribution < 1.29 is 23.9 Å². The lowest BCUT2D eigenvalue weighted by Crippen LogP contribution is -2.38. The Labute approximate surface area is 199 Å². The molecule has 1 aliphatic heterocycles. The van der Waals surface area contributed by atoms with Gasteiger partial charge in [-0.1, -0.05) is 35.3 Å². The summed E-state index contributed by atoms with van der Waals surface area (Å²) in [6.07, 6.45) is 0. The first-order valence-electron chi connectivity index (χ1n) is 9.86. The van der Waals surface area contributed by atoms with E-state index in [1.165, 1.54) is 13.2 Å². The van der Waals surface area contributed by atoms with Crippen LogP contribution in [-0.4, -0.2) is 31.5 Å². The van der Waals surface area contributed by atoms with E-state index in [1.54, 1.807) is 53.4 Å². The molecule has 0 saturated carbocycles. The number of anilines is 2. The monoisotopic (exact) mass is 484 g/mol. The van der Waals surface area contributed by atoms with Gasteiger partial charge in [-0.15, -0.1) is 0 Å². The molecule has 1 N–H and O–H groups in total. The molecule has 4 rings (SSSR count). The molecule has 0 bridgehead atoms. The number of amides is 2. The van der Waals surface area contributed by atoms with Gasteiger partial charge in [-0.2, -0.15) is 0 Å². The topological polar surface area (TPSA) is 84.9 Å². The van der Waals surface area contributed by atoms with Gasteiger partial charge in [0.1, 0.15) is 5.75 Å². The van der Waals surface area contributed by atoms with Crippen LogP contribution in [0, 0.1) is 0 Å².